The van der Waals surface area contributed by atoms with E-state index >= 15 is 0 Å². The molecule has 2 aromatic rings. The molecule has 1 saturated carbocycles. The predicted molar refractivity (Wildman–Crippen MR) is 82.1 cm³/mol. The van der Waals surface area contributed by atoms with E-state index < -0.39 is 5.97 Å². The summed E-state index contributed by atoms with van der Waals surface area (Å²) >= 11 is 13.4. The molecule has 3 rings (SSSR count). The fraction of sp³-hybridized carbons (Fsp3) is 0.308. The number of carboxylic acid groups (broad SMARTS) is 1. The van der Waals surface area contributed by atoms with Crippen molar-refractivity contribution >= 4 is 40.9 Å². The van der Waals surface area contributed by atoms with Crippen LogP contribution in [0.4, 0.5) is 0 Å². The van der Waals surface area contributed by atoms with Crippen LogP contribution in [0.25, 0.3) is 11.4 Å². The van der Waals surface area contributed by atoms with E-state index in [1.54, 1.807) is 18.2 Å². The van der Waals surface area contributed by atoms with Gasteiger partial charge in [-0.25, -0.2) is 0 Å². The van der Waals surface area contributed by atoms with Crippen molar-refractivity contribution in [3.8, 4) is 11.4 Å². The number of halogens is 2. The van der Waals surface area contributed by atoms with Crippen molar-refractivity contribution in [2.45, 2.75) is 24.0 Å². The Hall–Kier alpha value is -1.24. The summed E-state index contributed by atoms with van der Waals surface area (Å²) in [4.78, 5) is 10.7. The number of carboxylic acids is 1. The number of carbonyl (C=O) groups is 1. The Balaban J connectivity index is 2.02. The monoisotopic (exact) mass is 343 g/mol. The molecule has 0 saturated heterocycles. The molecule has 0 spiro atoms. The summed E-state index contributed by atoms with van der Waals surface area (Å²) in [6, 6.07) is 5.49. The fourth-order valence-electron chi connectivity index (χ4n) is 2.02. The molecule has 0 atom stereocenters. The zero-order valence-electron chi connectivity index (χ0n) is 10.8. The van der Waals surface area contributed by atoms with Gasteiger partial charge in [0.15, 0.2) is 11.0 Å². The lowest BCUT2D eigenvalue weighted by Crippen LogP contribution is -2.03. The highest BCUT2D eigenvalue weighted by atomic mass is 35.5. The lowest BCUT2D eigenvalue weighted by molar-refractivity contribution is -0.133. The third-order valence-electron chi connectivity index (χ3n) is 3.07. The molecule has 1 heterocycles. The third-order valence-corrected chi connectivity index (χ3v) is 4.56. The SMILES string of the molecule is O=C(O)CSc1nnc(-c2cc(Cl)ccc2Cl)n1C1CC1. The smallest absolute Gasteiger partial charge is 0.313 e. The molecule has 8 heteroatoms. The highest BCUT2D eigenvalue weighted by Gasteiger charge is 2.31. The van der Waals surface area contributed by atoms with Gasteiger partial charge in [0, 0.05) is 16.6 Å². The van der Waals surface area contributed by atoms with E-state index in [0.29, 0.717) is 32.6 Å². The first kappa shape index (κ1) is 14.7. The van der Waals surface area contributed by atoms with Crippen LogP contribution in [0.3, 0.4) is 0 Å². The van der Waals surface area contributed by atoms with Gasteiger partial charge in [-0.3, -0.25) is 9.36 Å². The Morgan fingerprint density at radius 2 is 2.14 bits per heavy atom. The highest BCUT2D eigenvalue weighted by Crippen LogP contribution is 2.42. The van der Waals surface area contributed by atoms with Gasteiger partial charge in [-0.1, -0.05) is 35.0 Å². The van der Waals surface area contributed by atoms with Gasteiger partial charge in [-0.2, -0.15) is 0 Å². The van der Waals surface area contributed by atoms with Gasteiger partial charge in [-0.05, 0) is 31.0 Å². The van der Waals surface area contributed by atoms with E-state index in [1.807, 2.05) is 4.57 Å². The Bertz CT molecular complexity index is 701. The van der Waals surface area contributed by atoms with E-state index in [2.05, 4.69) is 10.2 Å². The van der Waals surface area contributed by atoms with Crippen LogP contribution in [0.2, 0.25) is 10.0 Å². The van der Waals surface area contributed by atoms with E-state index in [9.17, 15) is 4.79 Å². The van der Waals surface area contributed by atoms with Crippen LogP contribution in [0.15, 0.2) is 23.4 Å². The molecule has 0 amide bonds. The number of nitrogens with zero attached hydrogens (tertiary/aromatic N) is 3. The van der Waals surface area contributed by atoms with Crippen LogP contribution in [0, 0.1) is 0 Å². The maximum absolute atomic E-state index is 10.7. The number of aliphatic carboxylic acids is 1. The normalized spacial score (nSPS) is 14.4. The average Bonchev–Trinajstić information content (AvgIpc) is 3.19. The van der Waals surface area contributed by atoms with Crippen LogP contribution in [-0.4, -0.2) is 31.6 Å². The van der Waals surface area contributed by atoms with E-state index in [-0.39, 0.29) is 5.75 Å². The second-order valence-corrected chi connectivity index (χ2v) is 6.50. The first-order chi connectivity index (χ1) is 10.1. The number of benzene rings is 1. The molecule has 1 aliphatic carbocycles. The molecule has 0 bridgehead atoms. The second-order valence-electron chi connectivity index (χ2n) is 4.71. The molecular weight excluding hydrogens is 333 g/mol. The molecule has 110 valence electrons. The first-order valence-corrected chi connectivity index (χ1v) is 8.05. The zero-order valence-corrected chi connectivity index (χ0v) is 13.1. The van der Waals surface area contributed by atoms with E-state index in [0.717, 1.165) is 24.6 Å². The molecule has 0 aliphatic heterocycles. The third kappa shape index (κ3) is 3.17. The zero-order chi connectivity index (χ0) is 15.0. The Kier molecular flexibility index (Phi) is 4.10. The van der Waals surface area contributed by atoms with Crippen molar-refractivity contribution in [1.82, 2.24) is 14.8 Å². The summed E-state index contributed by atoms with van der Waals surface area (Å²) in [5.41, 5.74) is 0.714. The maximum Gasteiger partial charge on any atom is 0.313 e. The lowest BCUT2D eigenvalue weighted by Gasteiger charge is -2.09. The second kappa shape index (κ2) is 5.87. The Morgan fingerprint density at radius 3 is 2.81 bits per heavy atom. The van der Waals surface area contributed by atoms with Crippen molar-refractivity contribution in [2.75, 3.05) is 5.75 Å². The minimum absolute atomic E-state index is 0.0475. The summed E-state index contributed by atoms with van der Waals surface area (Å²) in [6.07, 6.45) is 2.06. The number of hydrogen-bond acceptors (Lipinski definition) is 4. The molecule has 1 aromatic heterocycles. The molecule has 5 nitrogen and oxygen atoms in total. The lowest BCUT2D eigenvalue weighted by atomic mass is 10.2. The largest absolute Gasteiger partial charge is 0.481 e. The molecular formula is C13H11Cl2N3O2S. The molecule has 1 aromatic carbocycles. The van der Waals surface area contributed by atoms with Gasteiger partial charge in [-0.15, -0.1) is 10.2 Å². The fourth-order valence-corrected chi connectivity index (χ4v) is 3.12. The topological polar surface area (TPSA) is 68.0 Å². The molecule has 1 fully saturated rings. The minimum atomic E-state index is -0.882. The quantitative estimate of drug-likeness (QED) is 0.837. The van der Waals surface area contributed by atoms with Crippen molar-refractivity contribution in [3.63, 3.8) is 0 Å². The van der Waals surface area contributed by atoms with Crippen molar-refractivity contribution in [1.29, 1.82) is 0 Å². The van der Waals surface area contributed by atoms with Gasteiger partial charge < -0.3 is 5.11 Å². The average molecular weight is 344 g/mol. The minimum Gasteiger partial charge on any atom is -0.481 e. The predicted octanol–water partition coefficient (Wildman–Crippen LogP) is 3.76. The van der Waals surface area contributed by atoms with Gasteiger partial charge in [0.1, 0.15) is 0 Å². The number of hydrogen-bond donors (Lipinski definition) is 1. The number of rotatable bonds is 5. The number of aromatic nitrogens is 3. The van der Waals surface area contributed by atoms with Crippen LogP contribution >= 0.6 is 35.0 Å². The van der Waals surface area contributed by atoms with Crippen molar-refractivity contribution < 1.29 is 9.90 Å². The highest BCUT2D eigenvalue weighted by molar-refractivity contribution is 7.99. The standard InChI is InChI=1S/C13H11Cl2N3O2S/c14-7-1-4-10(15)9(5-7)12-16-17-13(21-6-11(19)20)18(12)8-2-3-8/h1,4-5,8H,2-3,6H2,(H,19,20). The molecule has 0 unspecified atom stereocenters. The number of thioether (sulfide) groups is 1. The Morgan fingerprint density at radius 1 is 1.38 bits per heavy atom. The van der Waals surface area contributed by atoms with Gasteiger partial charge in [0.25, 0.3) is 0 Å². The van der Waals surface area contributed by atoms with Crippen LogP contribution < -0.4 is 0 Å². The van der Waals surface area contributed by atoms with Gasteiger partial charge in [0.05, 0.1) is 10.8 Å². The van der Waals surface area contributed by atoms with Gasteiger partial charge >= 0.3 is 5.97 Å². The van der Waals surface area contributed by atoms with E-state index in [1.165, 1.54) is 0 Å². The molecule has 1 N–H and O–H groups in total. The Labute approximate surface area is 135 Å². The summed E-state index contributed by atoms with van der Waals surface area (Å²) in [7, 11) is 0. The van der Waals surface area contributed by atoms with Crippen LogP contribution in [0.5, 0.6) is 0 Å². The van der Waals surface area contributed by atoms with Crippen molar-refractivity contribution in [2.24, 2.45) is 0 Å². The summed E-state index contributed by atoms with van der Waals surface area (Å²) in [6.45, 7) is 0. The van der Waals surface area contributed by atoms with Crippen LogP contribution in [-0.2, 0) is 4.79 Å². The molecule has 1 aliphatic rings. The molecule has 21 heavy (non-hydrogen) atoms. The summed E-state index contributed by atoms with van der Waals surface area (Å²) in [5.74, 6) is -0.292. The van der Waals surface area contributed by atoms with Crippen LogP contribution in [0.1, 0.15) is 18.9 Å². The van der Waals surface area contributed by atoms with Gasteiger partial charge in [0.2, 0.25) is 0 Å². The first-order valence-electron chi connectivity index (χ1n) is 6.31. The van der Waals surface area contributed by atoms with E-state index in [4.69, 9.17) is 28.3 Å². The van der Waals surface area contributed by atoms with Crippen molar-refractivity contribution in [3.05, 3.63) is 28.2 Å². The molecule has 0 radical (unpaired) electrons. The maximum atomic E-state index is 10.7. The summed E-state index contributed by atoms with van der Waals surface area (Å²) < 4.78 is 1.96. The summed E-state index contributed by atoms with van der Waals surface area (Å²) in [5, 5.41) is 18.8.